The van der Waals surface area contributed by atoms with Crippen molar-refractivity contribution in [3.05, 3.63) is 0 Å². The zero-order valence-electron chi connectivity index (χ0n) is 16.1. The van der Waals surface area contributed by atoms with E-state index in [0.29, 0.717) is 0 Å². The molecule has 0 aromatic heterocycles. The largest absolute Gasteiger partial charge is 0.454 e. The van der Waals surface area contributed by atoms with Crippen LogP contribution < -0.4 is 0 Å². The van der Waals surface area contributed by atoms with Gasteiger partial charge < -0.3 is 0 Å². The lowest BCUT2D eigenvalue weighted by Crippen LogP contribution is -3.11. The molecule has 0 radical (unpaired) electrons. The van der Waals surface area contributed by atoms with Gasteiger partial charge in [0.15, 0.2) is 0 Å². The molecule has 2 atom stereocenters. The van der Waals surface area contributed by atoms with Crippen LogP contribution in [0, 0.1) is 10.8 Å². The van der Waals surface area contributed by atoms with Crippen molar-refractivity contribution in [2.45, 2.75) is 71.1 Å². The van der Waals surface area contributed by atoms with Gasteiger partial charge in [-0.15, -0.1) is 0 Å². The molecule has 0 N–H and O–H groups in total. The molecule has 0 heterocycles. The first-order chi connectivity index (χ1) is 16.0. The fourth-order valence-corrected chi connectivity index (χ4v) is 5.83. The Morgan fingerprint density at radius 2 is 0.553 bits per heavy atom. The Morgan fingerprint density at radius 3 is 0.763 bits per heavy atom. The number of rotatable bonds is 1. The molecule has 0 aromatic rings. The van der Waals surface area contributed by atoms with Crippen LogP contribution in [0.1, 0.15) is 0 Å². The van der Waals surface area contributed by atoms with Crippen molar-refractivity contribution in [3.8, 4) is 0 Å². The minimum atomic E-state index is -9.94. The van der Waals surface area contributed by atoms with E-state index in [2.05, 4.69) is 0 Å². The summed E-state index contributed by atoms with van der Waals surface area (Å²) in [4.78, 5) is 0. The molecule has 0 saturated heterocycles. The molecule has 38 heavy (non-hydrogen) atoms. The zero-order valence-corrected chi connectivity index (χ0v) is 16.1. The van der Waals surface area contributed by atoms with Gasteiger partial charge >= 0.3 is 65.4 Å². The zero-order chi connectivity index (χ0) is 31.0. The number of halogens is 24. The SMILES string of the molecule is FC(F)(F)C(F)(F)C12C(F)(F)C3(F)C(F)(F)C(F)(C(F)(F)C(F)(C3(F)F)C1(C(F)(F)F)C(F)(F)F)C2(F)F. The van der Waals surface area contributed by atoms with Crippen molar-refractivity contribution in [1.82, 2.24) is 0 Å². The molecule has 4 aliphatic rings. The summed E-state index contributed by atoms with van der Waals surface area (Å²) in [6.45, 7) is 0. The first-order valence-corrected chi connectivity index (χ1v) is 8.54. The topological polar surface area (TPSA) is 0 Å². The van der Waals surface area contributed by atoms with Crippen molar-refractivity contribution >= 4 is 0 Å². The van der Waals surface area contributed by atoms with Gasteiger partial charge in [0.05, 0.1) is 0 Å². The second kappa shape index (κ2) is 6.14. The molecule has 0 nitrogen and oxygen atoms in total. The van der Waals surface area contributed by atoms with Gasteiger partial charge in [0.25, 0.3) is 5.67 Å². The molecule has 224 valence electrons. The molecule has 4 aliphatic carbocycles. The fourth-order valence-electron chi connectivity index (χ4n) is 5.83. The molecule has 4 saturated carbocycles. The molecular weight excluding hydrogens is 624 g/mol. The molecule has 2 unspecified atom stereocenters. The first kappa shape index (κ1) is 30.9. The van der Waals surface area contributed by atoms with E-state index in [-0.39, 0.29) is 0 Å². The maximum Gasteiger partial charge on any atom is 0.454 e. The van der Waals surface area contributed by atoms with Gasteiger partial charge in [-0.1, -0.05) is 0 Å². The van der Waals surface area contributed by atoms with Gasteiger partial charge in [-0.25, -0.2) is 30.7 Å². The van der Waals surface area contributed by atoms with Gasteiger partial charge in [0.1, 0.15) is 0 Å². The van der Waals surface area contributed by atoms with Gasteiger partial charge in [0.2, 0.25) is 10.8 Å². The van der Waals surface area contributed by atoms with Gasteiger partial charge in [0, 0.05) is 0 Å². The Balaban J connectivity index is 3.06. The van der Waals surface area contributed by atoms with E-state index >= 15 is 4.39 Å². The van der Waals surface area contributed by atoms with E-state index in [1.165, 1.54) is 0 Å². The van der Waals surface area contributed by atoms with Crippen molar-refractivity contribution in [2.24, 2.45) is 10.8 Å². The van der Waals surface area contributed by atoms with Gasteiger partial charge in [-0.2, -0.15) is 74.6 Å². The Kier molecular flexibility index (Phi) is 4.98. The average molecular weight is 624 g/mol. The minimum absolute atomic E-state index is 8.88. The molecule has 4 bridgehead atoms. The predicted molar refractivity (Wildman–Crippen MR) is 64.2 cm³/mol. The number of hydrogen-bond donors (Lipinski definition) is 0. The normalized spacial score (nSPS) is 42.3. The molecule has 0 amide bonds. The van der Waals surface area contributed by atoms with E-state index in [1.807, 2.05) is 0 Å². The average Bonchev–Trinajstić information content (AvgIpc) is 2.62. The Morgan fingerprint density at radius 1 is 0.316 bits per heavy atom. The highest BCUT2D eigenvalue weighted by Gasteiger charge is 3.28. The summed E-state index contributed by atoms with van der Waals surface area (Å²) < 4.78 is 341. The molecule has 0 aliphatic heterocycles. The lowest BCUT2D eigenvalue weighted by molar-refractivity contribution is -0.663. The Labute approximate surface area is 188 Å². The molecule has 4 rings (SSSR count). The summed E-state index contributed by atoms with van der Waals surface area (Å²) in [6.07, 6.45) is -27.7. The first-order valence-electron chi connectivity index (χ1n) is 8.54. The third kappa shape index (κ3) is 1.88. The van der Waals surface area contributed by atoms with Crippen molar-refractivity contribution < 1.29 is 105 Å². The van der Waals surface area contributed by atoms with Crippen LogP contribution in [-0.2, 0) is 0 Å². The monoisotopic (exact) mass is 624 g/mol. The van der Waals surface area contributed by atoms with Gasteiger partial charge in [-0.05, 0) is 0 Å². The quantitative estimate of drug-likeness (QED) is 0.264. The molecule has 0 aromatic carbocycles. The van der Waals surface area contributed by atoms with E-state index in [1.54, 1.807) is 0 Å². The summed E-state index contributed by atoms with van der Waals surface area (Å²) in [6, 6.07) is 0. The third-order valence-electron chi connectivity index (χ3n) is 7.16. The highest BCUT2D eigenvalue weighted by molar-refractivity contribution is 5.56. The second-order valence-electron chi connectivity index (χ2n) is 8.42. The standard InChI is InChI=1S/C14F24/c15-3-1(12(30,31)32,13(33,34)35)2(8(22,23)14(36,37)38)6(18,19)4(16,9(3,24)25)11(28,29)5(17,7(2,20)21)10(3,26)27. The Bertz CT molecular complexity index is 993. The van der Waals surface area contributed by atoms with Crippen LogP contribution in [0.15, 0.2) is 0 Å². The highest BCUT2D eigenvalue weighted by Crippen LogP contribution is 2.97. The van der Waals surface area contributed by atoms with Crippen LogP contribution >= 0.6 is 0 Å². The smallest absolute Gasteiger partial charge is 0.229 e. The maximum absolute atomic E-state index is 15.3. The van der Waals surface area contributed by atoms with Crippen LogP contribution in [0.25, 0.3) is 0 Å². The summed E-state index contributed by atoms with van der Waals surface area (Å²) in [5.41, 5.74) is -47.6. The summed E-state index contributed by atoms with van der Waals surface area (Å²) in [7, 11) is 0. The van der Waals surface area contributed by atoms with Crippen LogP contribution in [0.5, 0.6) is 0 Å². The van der Waals surface area contributed by atoms with Gasteiger partial charge in [-0.3, -0.25) is 0 Å². The van der Waals surface area contributed by atoms with E-state index < -0.39 is 81.9 Å². The summed E-state index contributed by atoms with van der Waals surface area (Å²) in [5.74, 6) is -56.1. The fraction of sp³-hybridized carbons (Fsp3) is 1.00. The van der Waals surface area contributed by atoms with E-state index in [9.17, 15) is 101 Å². The van der Waals surface area contributed by atoms with Crippen LogP contribution in [-0.4, -0.2) is 71.1 Å². The third-order valence-corrected chi connectivity index (χ3v) is 7.16. The van der Waals surface area contributed by atoms with Crippen LogP contribution in [0.3, 0.4) is 0 Å². The lowest BCUT2D eigenvalue weighted by Gasteiger charge is -2.79. The highest BCUT2D eigenvalue weighted by atomic mass is 19.4. The second-order valence-corrected chi connectivity index (χ2v) is 8.42. The molecule has 4 fully saturated rings. The molecular formula is C14F24. The summed E-state index contributed by atoms with van der Waals surface area (Å²) >= 11 is 0. The number of hydrogen-bond acceptors (Lipinski definition) is 0. The predicted octanol–water partition coefficient (Wildman–Crippen LogP) is 7.62. The maximum atomic E-state index is 15.3. The van der Waals surface area contributed by atoms with E-state index in [0.717, 1.165) is 0 Å². The van der Waals surface area contributed by atoms with Crippen LogP contribution in [0.4, 0.5) is 105 Å². The van der Waals surface area contributed by atoms with E-state index in [4.69, 9.17) is 0 Å². The van der Waals surface area contributed by atoms with Crippen molar-refractivity contribution in [1.29, 1.82) is 0 Å². The molecule has 24 heteroatoms. The number of alkyl halides is 24. The van der Waals surface area contributed by atoms with Crippen LogP contribution in [0.2, 0.25) is 0 Å². The Hall–Kier alpha value is -1.68. The lowest BCUT2D eigenvalue weighted by atomic mass is 9.28. The summed E-state index contributed by atoms with van der Waals surface area (Å²) in [5, 5.41) is 0. The van der Waals surface area contributed by atoms with Crippen molar-refractivity contribution in [3.63, 3.8) is 0 Å². The molecule has 0 spiro atoms. The minimum Gasteiger partial charge on any atom is -0.229 e. The van der Waals surface area contributed by atoms with Crippen molar-refractivity contribution in [2.75, 3.05) is 0 Å².